The summed E-state index contributed by atoms with van der Waals surface area (Å²) in [6, 6.07) is 0. The SMILES string of the molecule is C=C1CC(C2(C)CO2)CC=C1C. The van der Waals surface area contributed by atoms with E-state index in [4.69, 9.17) is 4.74 Å². The fourth-order valence-corrected chi connectivity index (χ4v) is 1.82. The zero-order chi connectivity index (χ0) is 8.77. The number of ether oxygens (including phenoxy) is 1. The molecule has 2 atom stereocenters. The lowest BCUT2D eigenvalue weighted by atomic mass is 9.80. The molecule has 2 unspecified atom stereocenters. The van der Waals surface area contributed by atoms with Crippen molar-refractivity contribution in [2.45, 2.75) is 32.3 Å². The minimum Gasteiger partial charge on any atom is -0.370 e. The van der Waals surface area contributed by atoms with E-state index in [2.05, 4.69) is 26.5 Å². The number of allylic oxidation sites excluding steroid dienone is 3. The second kappa shape index (κ2) is 2.46. The van der Waals surface area contributed by atoms with Gasteiger partial charge in [0.25, 0.3) is 0 Å². The Labute approximate surface area is 74.1 Å². The molecule has 0 aromatic rings. The van der Waals surface area contributed by atoms with Crippen LogP contribution in [0.4, 0.5) is 0 Å². The number of rotatable bonds is 1. The summed E-state index contributed by atoms with van der Waals surface area (Å²) < 4.78 is 5.45. The number of hydrogen-bond acceptors (Lipinski definition) is 1. The average molecular weight is 164 g/mol. The van der Waals surface area contributed by atoms with E-state index in [-0.39, 0.29) is 5.60 Å². The first-order valence-electron chi connectivity index (χ1n) is 4.61. The van der Waals surface area contributed by atoms with Crippen molar-refractivity contribution in [2.24, 2.45) is 5.92 Å². The van der Waals surface area contributed by atoms with Gasteiger partial charge in [-0.15, -0.1) is 0 Å². The van der Waals surface area contributed by atoms with Crippen LogP contribution in [0.5, 0.6) is 0 Å². The fourth-order valence-electron chi connectivity index (χ4n) is 1.82. The lowest BCUT2D eigenvalue weighted by molar-refractivity contribution is 0.231. The van der Waals surface area contributed by atoms with Crippen molar-refractivity contribution in [3.63, 3.8) is 0 Å². The van der Waals surface area contributed by atoms with E-state index in [1.54, 1.807) is 0 Å². The van der Waals surface area contributed by atoms with Crippen LogP contribution in [0, 0.1) is 5.92 Å². The predicted octanol–water partition coefficient (Wildman–Crippen LogP) is 2.69. The Kier molecular flexibility index (Phi) is 1.65. The van der Waals surface area contributed by atoms with Crippen LogP contribution in [0.1, 0.15) is 26.7 Å². The van der Waals surface area contributed by atoms with Crippen LogP contribution in [-0.2, 0) is 4.74 Å². The summed E-state index contributed by atoms with van der Waals surface area (Å²) in [7, 11) is 0. The summed E-state index contributed by atoms with van der Waals surface area (Å²) in [5.41, 5.74) is 2.85. The molecule has 1 heteroatoms. The highest BCUT2D eigenvalue weighted by Gasteiger charge is 2.46. The van der Waals surface area contributed by atoms with E-state index in [9.17, 15) is 0 Å². The lowest BCUT2D eigenvalue weighted by Gasteiger charge is -2.25. The second-order valence-electron chi connectivity index (χ2n) is 4.23. The van der Waals surface area contributed by atoms with E-state index < -0.39 is 0 Å². The largest absolute Gasteiger partial charge is 0.370 e. The molecule has 0 amide bonds. The van der Waals surface area contributed by atoms with Gasteiger partial charge in [-0.1, -0.05) is 23.8 Å². The summed E-state index contributed by atoms with van der Waals surface area (Å²) in [4.78, 5) is 0. The van der Waals surface area contributed by atoms with Crippen molar-refractivity contribution in [1.29, 1.82) is 0 Å². The molecular formula is C11H16O. The monoisotopic (exact) mass is 164 g/mol. The molecule has 12 heavy (non-hydrogen) atoms. The minimum atomic E-state index is 0.181. The maximum Gasteiger partial charge on any atom is 0.0922 e. The molecule has 66 valence electrons. The highest BCUT2D eigenvalue weighted by Crippen LogP contribution is 2.43. The molecule has 0 saturated carbocycles. The Morgan fingerprint density at radius 2 is 2.33 bits per heavy atom. The molecule has 0 aromatic heterocycles. The lowest BCUT2D eigenvalue weighted by Crippen LogP contribution is -2.22. The van der Waals surface area contributed by atoms with Gasteiger partial charge in [-0.05, 0) is 32.6 Å². The maximum atomic E-state index is 5.45. The quantitative estimate of drug-likeness (QED) is 0.543. The molecule has 0 radical (unpaired) electrons. The third-order valence-electron chi connectivity index (χ3n) is 3.22. The van der Waals surface area contributed by atoms with Gasteiger partial charge < -0.3 is 4.74 Å². The molecule has 0 spiro atoms. The van der Waals surface area contributed by atoms with E-state index in [0.29, 0.717) is 5.92 Å². The molecule has 0 bridgehead atoms. The fraction of sp³-hybridized carbons (Fsp3) is 0.636. The van der Waals surface area contributed by atoms with Crippen molar-refractivity contribution in [3.8, 4) is 0 Å². The molecule has 1 aliphatic heterocycles. The Balaban J connectivity index is 2.09. The van der Waals surface area contributed by atoms with E-state index in [1.807, 2.05) is 0 Å². The third kappa shape index (κ3) is 1.22. The predicted molar refractivity (Wildman–Crippen MR) is 50.0 cm³/mol. The van der Waals surface area contributed by atoms with Crippen molar-refractivity contribution in [1.82, 2.24) is 0 Å². The van der Waals surface area contributed by atoms with Gasteiger partial charge >= 0.3 is 0 Å². The van der Waals surface area contributed by atoms with Crippen molar-refractivity contribution in [2.75, 3.05) is 6.61 Å². The van der Waals surface area contributed by atoms with Crippen LogP contribution < -0.4 is 0 Å². The van der Waals surface area contributed by atoms with E-state index >= 15 is 0 Å². The van der Waals surface area contributed by atoms with Crippen molar-refractivity contribution in [3.05, 3.63) is 23.8 Å². The molecular weight excluding hydrogens is 148 g/mol. The van der Waals surface area contributed by atoms with Gasteiger partial charge in [-0.2, -0.15) is 0 Å². The molecule has 2 rings (SSSR count). The Morgan fingerprint density at radius 3 is 2.83 bits per heavy atom. The zero-order valence-corrected chi connectivity index (χ0v) is 7.89. The summed E-state index contributed by atoms with van der Waals surface area (Å²) in [5, 5.41) is 0. The Hall–Kier alpha value is -0.560. The molecule has 1 aliphatic carbocycles. The molecule has 1 heterocycles. The van der Waals surface area contributed by atoms with Crippen LogP contribution in [0.3, 0.4) is 0 Å². The smallest absolute Gasteiger partial charge is 0.0922 e. The van der Waals surface area contributed by atoms with Crippen LogP contribution in [0.25, 0.3) is 0 Å². The maximum absolute atomic E-state index is 5.45. The van der Waals surface area contributed by atoms with Crippen LogP contribution in [0.15, 0.2) is 23.8 Å². The first-order chi connectivity index (χ1) is 5.62. The summed E-state index contributed by atoms with van der Waals surface area (Å²) in [5.74, 6) is 0.675. The molecule has 0 aromatic carbocycles. The molecule has 1 nitrogen and oxygen atoms in total. The van der Waals surface area contributed by atoms with Gasteiger partial charge in [0.15, 0.2) is 0 Å². The topological polar surface area (TPSA) is 12.5 Å². The second-order valence-corrected chi connectivity index (χ2v) is 4.23. The minimum absolute atomic E-state index is 0.181. The van der Waals surface area contributed by atoms with Crippen LogP contribution in [-0.4, -0.2) is 12.2 Å². The molecule has 1 saturated heterocycles. The van der Waals surface area contributed by atoms with Crippen LogP contribution >= 0.6 is 0 Å². The normalized spacial score (nSPS) is 41.0. The van der Waals surface area contributed by atoms with Crippen LogP contribution in [0.2, 0.25) is 0 Å². The van der Waals surface area contributed by atoms with Gasteiger partial charge in [-0.25, -0.2) is 0 Å². The standard InChI is InChI=1S/C11H16O/c1-8-4-5-10(6-9(8)2)11(3)7-12-11/h4,10H,2,5-7H2,1,3H3. The molecule has 2 aliphatic rings. The molecule has 1 fully saturated rings. The van der Waals surface area contributed by atoms with E-state index in [1.165, 1.54) is 17.6 Å². The Bertz CT molecular complexity index is 246. The number of epoxide rings is 1. The first kappa shape index (κ1) is 8.06. The summed E-state index contributed by atoms with van der Waals surface area (Å²) >= 11 is 0. The number of hydrogen-bond donors (Lipinski definition) is 0. The van der Waals surface area contributed by atoms with Gasteiger partial charge in [0, 0.05) is 0 Å². The average Bonchev–Trinajstić information content (AvgIpc) is 2.75. The highest BCUT2D eigenvalue weighted by atomic mass is 16.6. The van der Waals surface area contributed by atoms with Gasteiger partial charge in [0.05, 0.1) is 12.2 Å². The summed E-state index contributed by atoms with van der Waals surface area (Å²) in [6.07, 6.45) is 4.59. The third-order valence-corrected chi connectivity index (χ3v) is 3.22. The van der Waals surface area contributed by atoms with E-state index in [0.717, 1.165) is 13.0 Å². The van der Waals surface area contributed by atoms with Crippen molar-refractivity contribution >= 4 is 0 Å². The Morgan fingerprint density at radius 1 is 1.67 bits per heavy atom. The van der Waals surface area contributed by atoms with Crippen molar-refractivity contribution < 1.29 is 4.74 Å². The zero-order valence-electron chi connectivity index (χ0n) is 7.89. The summed E-state index contributed by atoms with van der Waals surface area (Å²) in [6.45, 7) is 9.36. The molecule has 0 N–H and O–H groups in total. The van der Waals surface area contributed by atoms with Gasteiger partial charge in [0.2, 0.25) is 0 Å². The first-order valence-corrected chi connectivity index (χ1v) is 4.61. The van der Waals surface area contributed by atoms with Gasteiger partial charge in [-0.3, -0.25) is 0 Å². The highest BCUT2D eigenvalue weighted by molar-refractivity contribution is 5.30. The van der Waals surface area contributed by atoms with Gasteiger partial charge in [0.1, 0.15) is 0 Å².